The van der Waals surface area contributed by atoms with Crippen molar-refractivity contribution in [3.05, 3.63) is 47.2 Å². The Morgan fingerprint density at radius 2 is 2.03 bits per heavy atom. The van der Waals surface area contributed by atoms with Crippen molar-refractivity contribution in [2.24, 2.45) is 0 Å². The first kappa shape index (κ1) is 25.7. The molecule has 2 aromatic rings. The Bertz CT molecular complexity index is 1180. The van der Waals surface area contributed by atoms with Gasteiger partial charge in [-0.15, -0.1) is 0 Å². The molecule has 1 aromatic heterocycles. The minimum Gasteiger partial charge on any atom is -0.384 e. The van der Waals surface area contributed by atoms with E-state index in [1.165, 1.54) is 0 Å². The number of piperazine rings is 1. The van der Waals surface area contributed by atoms with E-state index in [1.54, 1.807) is 25.3 Å². The van der Waals surface area contributed by atoms with Gasteiger partial charge in [-0.25, -0.2) is 13.8 Å². The zero-order chi connectivity index (χ0) is 25.8. The predicted octanol–water partition coefficient (Wildman–Crippen LogP) is 3.95. The maximum absolute atomic E-state index is 12.8. The average Bonchev–Trinajstić information content (AvgIpc) is 3.72. The van der Waals surface area contributed by atoms with Crippen LogP contribution in [0, 0.1) is 11.3 Å². The molecule has 1 atom stereocenters. The molecule has 1 saturated carbocycles. The van der Waals surface area contributed by atoms with Crippen LogP contribution in [-0.4, -0.2) is 67.4 Å². The van der Waals surface area contributed by atoms with E-state index in [1.807, 2.05) is 24.0 Å². The molecule has 0 bridgehead atoms. The SMILES string of the molecule is COCCC(=O)N1CCN(c2nc(C3CC3)c(-c3cccc(CC(=O)C(F)F)c3)cc2C#N)C[C@H]1C. The maximum atomic E-state index is 12.8. The Kier molecular flexibility index (Phi) is 7.94. The zero-order valence-electron chi connectivity index (χ0n) is 20.5. The standard InChI is InChI=1S/C27H30F2N4O3/c1-17-16-32(9-10-33(17)24(35)8-11-36-2)27-21(15-30)14-22(25(31-27)19-6-7-19)20-5-3-4-18(12-20)13-23(34)26(28)29/h3-5,12,14,17,19,26H,6-11,13,16H2,1-2H3/t17-/m1/s1. The highest BCUT2D eigenvalue weighted by molar-refractivity contribution is 5.84. The number of amides is 1. The molecular formula is C27H30F2N4O3. The van der Waals surface area contributed by atoms with E-state index in [4.69, 9.17) is 9.72 Å². The van der Waals surface area contributed by atoms with Gasteiger partial charge >= 0.3 is 0 Å². The van der Waals surface area contributed by atoms with Gasteiger partial charge in [-0.2, -0.15) is 5.26 Å². The quantitative estimate of drug-likeness (QED) is 0.523. The lowest BCUT2D eigenvalue weighted by molar-refractivity contribution is -0.134. The van der Waals surface area contributed by atoms with Gasteiger partial charge in [0.15, 0.2) is 0 Å². The summed E-state index contributed by atoms with van der Waals surface area (Å²) in [6.07, 6.45) is -1.02. The number of carbonyl (C=O) groups excluding carboxylic acids is 2. The van der Waals surface area contributed by atoms with Crippen LogP contribution in [0.25, 0.3) is 11.1 Å². The van der Waals surface area contributed by atoms with Gasteiger partial charge < -0.3 is 14.5 Å². The van der Waals surface area contributed by atoms with Crippen LogP contribution in [0.3, 0.4) is 0 Å². The molecule has 9 heteroatoms. The van der Waals surface area contributed by atoms with Gasteiger partial charge in [0.05, 0.1) is 24.3 Å². The number of nitrogens with zero attached hydrogens (tertiary/aromatic N) is 4. The molecule has 0 radical (unpaired) electrons. The summed E-state index contributed by atoms with van der Waals surface area (Å²) in [6, 6.07) is 11.0. The van der Waals surface area contributed by atoms with Crippen LogP contribution in [-0.2, 0) is 20.7 Å². The molecule has 2 fully saturated rings. The lowest BCUT2D eigenvalue weighted by Crippen LogP contribution is -2.54. The number of alkyl halides is 2. The van der Waals surface area contributed by atoms with Crippen molar-refractivity contribution in [3.8, 4) is 17.2 Å². The minimum absolute atomic E-state index is 0.0375. The first-order valence-electron chi connectivity index (χ1n) is 12.2. The molecule has 1 aliphatic carbocycles. The zero-order valence-corrected chi connectivity index (χ0v) is 20.5. The Hall–Kier alpha value is -3.38. The summed E-state index contributed by atoms with van der Waals surface area (Å²) >= 11 is 0. The second-order valence-electron chi connectivity index (χ2n) is 9.45. The highest BCUT2D eigenvalue weighted by atomic mass is 19.3. The maximum Gasteiger partial charge on any atom is 0.296 e. The second kappa shape index (κ2) is 11.1. The molecule has 2 heterocycles. The number of hydrogen-bond acceptors (Lipinski definition) is 6. The van der Waals surface area contributed by atoms with Crippen LogP contribution in [0.4, 0.5) is 14.6 Å². The number of ketones is 1. The van der Waals surface area contributed by atoms with Crippen molar-refractivity contribution >= 4 is 17.5 Å². The number of rotatable bonds is 9. The largest absolute Gasteiger partial charge is 0.384 e. The highest BCUT2D eigenvalue weighted by Crippen LogP contribution is 2.45. The summed E-state index contributed by atoms with van der Waals surface area (Å²) in [7, 11) is 1.57. The fourth-order valence-electron chi connectivity index (χ4n) is 4.72. The molecule has 2 aliphatic rings. The Morgan fingerprint density at radius 3 is 2.67 bits per heavy atom. The molecule has 0 unspecified atom stereocenters. The van der Waals surface area contributed by atoms with Crippen molar-refractivity contribution in [1.82, 2.24) is 9.88 Å². The van der Waals surface area contributed by atoms with E-state index in [0.29, 0.717) is 49.6 Å². The van der Waals surface area contributed by atoms with Gasteiger partial charge in [-0.3, -0.25) is 9.59 Å². The smallest absolute Gasteiger partial charge is 0.296 e. The van der Waals surface area contributed by atoms with Crippen LogP contribution < -0.4 is 4.90 Å². The third-order valence-electron chi connectivity index (χ3n) is 6.74. The van der Waals surface area contributed by atoms with E-state index in [0.717, 1.165) is 29.7 Å². The first-order valence-corrected chi connectivity index (χ1v) is 12.2. The summed E-state index contributed by atoms with van der Waals surface area (Å²) in [5, 5.41) is 9.98. The monoisotopic (exact) mass is 496 g/mol. The molecule has 0 N–H and O–H groups in total. The Balaban J connectivity index is 1.62. The Labute approximate surface area is 209 Å². The van der Waals surface area contributed by atoms with E-state index < -0.39 is 12.2 Å². The second-order valence-corrected chi connectivity index (χ2v) is 9.45. The fraction of sp³-hybridized carbons (Fsp3) is 0.481. The van der Waals surface area contributed by atoms with E-state index >= 15 is 0 Å². The molecule has 36 heavy (non-hydrogen) atoms. The number of pyridine rings is 1. The first-order chi connectivity index (χ1) is 17.3. The number of anilines is 1. The van der Waals surface area contributed by atoms with Crippen LogP contribution in [0.15, 0.2) is 30.3 Å². The van der Waals surface area contributed by atoms with Gasteiger partial charge in [0.2, 0.25) is 11.7 Å². The van der Waals surface area contributed by atoms with Gasteiger partial charge in [-0.1, -0.05) is 24.3 Å². The number of benzene rings is 1. The topological polar surface area (TPSA) is 86.5 Å². The summed E-state index contributed by atoms with van der Waals surface area (Å²) in [5.74, 6) is -0.179. The fourth-order valence-corrected chi connectivity index (χ4v) is 4.72. The molecule has 1 aromatic carbocycles. The van der Waals surface area contributed by atoms with Crippen LogP contribution in [0.1, 0.15) is 48.9 Å². The lowest BCUT2D eigenvalue weighted by atomic mass is 9.96. The number of hydrogen-bond donors (Lipinski definition) is 0. The van der Waals surface area contributed by atoms with Gasteiger partial charge in [0.25, 0.3) is 6.43 Å². The number of methoxy groups -OCH3 is 1. The highest BCUT2D eigenvalue weighted by Gasteiger charge is 2.33. The average molecular weight is 497 g/mol. The van der Waals surface area contributed by atoms with Crippen molar-refractivity contribution in [1.29, 1.82) is 5.26 Å². The molecule has 1 aliphatic heterocycles. The molecule has 4 rings (SSSR count). The van der Waals surface area contributed by atoms with Crippen LogP contribution >= 0.6 is 0 Å². The predicted molar refractivity (Wildman–Crippen MR) is 131 cm³/mol. The molecule has 190 valence electrons. The van der Waals surface area contributed by atoms with E-state index in [2.05, 4.69) is 11.0 Å². The third kappa shape index (κ3) is 5.71. The van der Waals surface area contributed by atoms with Crippen molar-refractivity contribution in [2.75, 3.05) is 38.3 Å². The minimum atomic E-state index is -3.00. The van der Waals surface area contributed by atoms with Gasteiger partial charge in [0.1, 0.15) is 11.9 Å². The molecular weight excluding hydrogens is 466 g/mol. The molecule has 1 amide bonds. The lowest BCUT2D eigenvalue weighted by Gasteiger charge is -2.41. The van der Waals surface area contributed by atoms with E-state index in [9.17, 15) is 23.6 Å². The van der Waals surface area contributed by atoms with E-state index in [-0.39, 0.29) is 24.3 Å². The summed E-state index contributed by atoms with van der Waals surface area (Å²) in [5.41, 5.74) is 3.37. The summed E-state index contributed by atoms with van der Waals surface area (Å²) < 4.78 is 30.5. The number of nitriles is 1. The summed E-state index contributed by atoms with van der Waals surface area (Å²) in [4.78, 5) is 33.0. The molecule has 7 nitrogen and oxygen atoms in total. The van der Waals surface area contributed by atoms with Crippen molar-refractivity contribution in [2.45, 2.75) is 51.0 Å². The number of carbonyl (C=O) groups is 2. The van der Waals surface area contributed by atoms with Gasteiger partial charge in [-0.05, 0) is 37.0 Å². The number of ether oxygens (including phenoxy) is 1. The molecule has 1 saturated heterocycles. The number of aromatic nitrogens is 1. The van der Waals surface area contributed by atoms with Gasteiger partial charge in [0, 0.05) is 50.7 Å². The van der Waals surface area contributed by atoms with Crippen molar-refractivity contribution < 1.29 is 23.1 Å². The third-order valence-corrected chi connectivity index (χ3v) is 6.74. The normalized spacial score (nSPS) is 17.8. The Morgan fingerprint density at radius 1 is 1.25 bits per heavy atom. The van der Waals surface area contributed by atoms with Crippen LogP contribution in [0.2, 0.25) is 0 Å². The van der Waals surface area contributed by atoms with Crippen LogP contribution in [0.5, 0.6) is 0 Å². The van der Waals surface area contributed by atoms with Crippen molar-refractivity contribution in [3.63, 3.8) is 0 Å². The molecule has 0 spiro atoms. The number of halogens is 2. The summed E-state index contributed by atoms with van der Waals surface area (Å²) in [6.45, 7) is 4.05. The number of Topliss-reactive ketones (excluding diaryl/α,β-unsaturated/α-hetero) is 1.